The van der Waals surface area contributed by atoms with Gasteiger partial charge in [-0.2, -0.15) is 5.10 Å². The first-order chi connectivity index (χ1) is 21.3. The van der Waals surface area contributed by atoms with Gasteiger partial charge in [0.25, 0.3) is 0 Å². The van der Waals surface area contributed by atoms with Gasteiger partial charge >= 0.3 is 5.91 Å². The molecule has 0 saturated heterocycles. The van der Waals surface area contributed by atoms with E-state index in [4.69, 9.17) is 18.6 Å². The number of benzene rings is 3. The van der Waals surface area contributed by atoms with Crippen molar-refractivity contribution in [3.05, 3.63) is 129 Å². The van der Waals surface area contributed by atoms with Crippen molar-refractivity contribution >= 4 is 28.1 Å². The molecule has 0 unspecified atom stereocenters. The van der Waals surface area contributed by atoms with Crippen molar-refractivity contribution in [2.24, 2.45) is 5.10 Å². The molecular formula is C34H31BrFN3O5. The monoisotopic (exact) mass is 659 g/mol. The minimum atomic E-state index is -0.506. The Bertz CT molecular complexity index is 1760. The lowest BCUT2D eigenvalue weighted by atomic mass is 10.2. The molecule has 0 aliphatic carbocycles. The molecule has 0 aliphatic rings. The van der Waals surface area contributed by atoms with Crippen LogP contribution >= 0.6 is 15.9 Å². The lowest BCUT2D eigenvalue weighted by Gasteiger charge is -2.14. The van der Waals surface area contributed by atoms with E-state index < -0.39 is 5.91 Å². The summed E-state index contributed by atoms with van der Waals surface area (Å²) in [6.07, 6.45) is 1.48. The van der Waals surface area contributed by atoms with Gasteiger partial charge in [0.05, 0.1) is 17.3 Å². The molecule has 5 rings (SSSR count). The summed E-state index contributed by atoms with van der Waals surface area (Å²) in [6.45, 7) is 6.73. The third kappa shape index (κ3) is 7.57. The van der Waals surface area contributed by atoms with Gasteiger partial charge in [-0.15, -0.1) is 0 Å². The number of furan rings is 1. The van der Waals surface area contributed by atoms with E-state index in [1.807, 2.05) is 31.2 Å². The van der Waals surface area contributed by atoms with Crippen LogP contribution in [0.25, 0.3) is 5.69 Å². The summed E-state index contributed by atoms with van der Waals surface area (Å²) < 4.78 is 39.5. The summed E-state index contributed by atoms with van der Waals surface area (Å²) in [5.74, 6) is 1.41. The third-order valence-corrected chi connectivity index (χ3v) is 7.21. The maximum Gasteiger partial charge on any atom is 0.307 e. The van der Waals surface area contributed by atoms with Crippen LogP contribution < -0.4 is 19.6 Å². The fourth-order valence-electron chi connectivity index (χ4n) is 4.57. The molecule has 0 aliphatic heterocycles. The van der Waals surface area contributed by atoms with Crippen LogP contribution in [0, 0.1) is 19.7 Å². The molecule has 2 aromatic heterocycles. The molecule has 8 nitrogen and oxygen atoms in total. The maximum absolute atomic E-state index is 13.5. The molecule has 0 atom stereocenters. The second kappa shape index (κ2) is 14.1. The van der Waals surface area contributed by atoms with E-state index >= 15 is 0 Å². The maximum atomic E-state index is 13.5. The standard InChI is InChI=1S/C34H31BrFN3O5/c1-4-41-32-18-25(17-30(35)33(32)43-20-24-6-5-7-26(36)16-24)19-37-38-34(40)31-15-14-29(44-31)21-42-28-12-10-27(11-13-28)39-22(2)8-9-23(39)3/h5-19H,4,20-21H2,1-3H3,(H,38,40)/b37-19+. The van der Waals surface area contributed by atoms with Gasteiger partial charge in [-0.25, -0.2) is 9.82 Å². The average Bonchev–Trinajstić information content (AvgIpc) is 3.62. The number of aromatic nitrogens is 1. The van der Waals surface area contributed by atoms with E-state index in [-0.39, 0.29) is 24.8 Å². The van der Waals surface area contributed by atoms with Crippen molar-refractivity contribution < 1.29 is 27.8 Å². The van der Waals surface area contributed by atoms with Crippen LogP contribution in [-0.2, 0) is 13.2 Å². The average molecular weight is 661 g/mol. The van der Waals surface area contributed by atoms with Crippen LogP contribution in [0.3, 0.4) is 0 Å². The second-order valence-corrected chi connectivity index (χ2v) is 10.7. The fraction of sp³-hybridized carbons (Fsp3) is 0.176. The van der Waals surface area contributed by atoms with Crippen molar-refractivity contribution in [2.45, 2.75) is 34.0 Å². The van der Waals surface area contributed by atoms with Crippen LogP contribution in [0.1, 0.15) is 45.8 Å². The molecule has 1 amide bonds. The number of rotatable bonds is 12. The highest BCUT2D eigenvalue weighted by atomic mass is 79.9. The molecular weight excluding hydrogens is 629 g/mol. The fourth-order valence-corrected chi connectivity index (χ4v) is 5.14. The lowest BCUT2D eigenvalue weighted by Crippen LogP contribution is -2.16. The van der Waals surface area contributed by atoms with Crippen LogP contribution in [0.2, 0.25) is 0 Å². The molecule has 2 heterocycles. The molecule has 0 fully saturated rings. The first-order valence-electron chi connectivity index (χ1n) is 13.9. The van der Waals surface area contributed by atoms with Crippen LogP contribution in [-0.4, -0.2) is 23.3 Å². The Morgan fingerprint density at radius 2 is 1.73 bits per heavy atom. The Morgan fingerprint density at radius 1 is 0.955 bits per heavy atom. The van der Waals surface area contributed by atoms with Crippen molar-refractivity contribution in [1.82, 2.24) is 9.99 Å². The van der Waals surface area contributed by atoms with Crippen molar-refractivity contribution in [3.63, 3.8) is 0 Å². The number of aryl methyl sites for hydroxylation is 2. The first-order valence-corrected chi connectivity index (χ1v) is 14.7. The van der Waals surface area contributed by atoms with E-state index in [2.05, 4.69) is 57.0 Å². The zero-order chi connectivity index (χ0) is 31.1. The van der Waals surface area contributed by atoms with E-state index in [0.717, 1.165) is 17.1 Å². The predicted molar refractivity (Wildman–Crippen MR) is 169 cm³/mol. The number of carbonyl (C=O) groups excluding carboxylic acids is 1. The number of hydrogen-bond acceptors (Lipinski definition) is 6. The number of nitrogens with one attached hydrogen (secondary N) is 1. The van der Waals surface area contributed by atoms with Gasteiger partial charge in [0, 0.05) is 17.1 Å². The van der Waals surface area contributed by atoms with Crippen LogP contribution in [0.15, 0.2) is 98.9 Å². The van der Waals surface area contributed by atoms with Crippen LogP contribution in [0.4, 0.5) is 4.39 Å². The summed E-state index contributed by atoms with van der Waals surface area (Å²) in [6, 6.07) is 24.9. The zero-order valence-corrected chi connectivity index (χ0v) is 26.1. The van der Waals surface area contributed by atoms with Gasteiger partial charge in [-0.1, -0.05) is 12.1 Å². The zero-order valence-electron chi connectivity index (χ0n) is 24.5. The highest BCUT2D eigenvalue weighted by Crippen LogP contribution is 2.37. The molecule has 0 saturated carbocycles. The van der Waals surface area contributed by atoms with Gasteiger partial charge in [0.15, 0.2) is 17.3 Å². The summed E-state index contributed by atoms with van der Waals surface area (Å²) in [7, 11) is 0. The Kier molecular flexibility index (Phi) is 9.81. The van der Waals surface area contributed by atoms with Crippen molar-refractivity contribution in [3.8, 4) is 22.9 Å². The van der Waals surface area contributed by atoms with Crippen molar-refractivity contribution in [2.75, 3.05) is 6.61 Å². The summed E-state index contributed by atoms with van der Waals surface area (Å²) >= 11 is 3.51. The quantitative estimate of drug-likeness (QED) is 0.109. The molecule has 44 heavy (non-hydrogen) atoms. The molecule has 3 aromatic carbocycles. The van der Waals surface area contributed by atoms with Crippen molar-refractivity contribution in [1.29, 1.82) is 0 Å². The van der Waals surface area contributed by atoms with Gasteiger partial charge in [0.1, 0.15) is 30.5 Å². The number of hydrazone groups is 1. The third-order valence-electron chi connectivity index (χ3n) is 6.62. The van der Waals surface area contributed by atoms with Crippen LogP contribution in [0.5, 0.6) is 17.2 Å². The number of ether oxygens (including phenoxy) is 3. The van der Waals surface area contributed by atoms with Gasteiger partial charge in [-0.05, 0) is 121 Å². The summed E-state index contributed by atoms with van der Waals surface area (Å²) in [5.41, 5.74) is 7.19. The largest absolute Gasteiger partial charge is 0.490 e. The molecule has 0 radical (unpaired) electrons. The molecule has 0 bridgehead atoms. The highest BCUT2D eigenvalue weighted by molar-refractivity contribution is 9.10. The molecule has 1 N–H and O–H groups in total. The van der Waals surface area contributed by atoms with Gasteiger partial charge < -0.3 is 23.2 Å². The topological polar surface area (TPSA) is 87.2 Å². The highest BCUT2D eigenvalue weighted by Gasteiger charge is 2.14. The molecule has 5 aromatic rings. The summed E-state index contributed by atoms with van der Waals surface area (Å²) in [5, 5.41) is 4.06. The van der Waals surface area contributed by atoms with Gasteiger partial charge in [0.2, 0.25) is 0 Å². The van der Waals surface area contributed by atoms with E-state index in [1.165, 1.54) is 18.3 Å². The molecule has 0 spiro atoms. The normalized spacial score (nSPS) is 11.1. The predicted octanol–water partition coefficient (Wildman–Crippen LogP) is 7.91. The van der Waals surface area contributed by atoms with E-state index in [1.54, 1.807) is 36.4 Å². The number of amides is 1. The minimum Gasteiger partial charge on any atom is -0.490 e. The summed E-state index contributed by atoms with van der Waals surface area (Å²) in [4.78, 5) is 12.6. The van der Waals surface area contributed by atoms with E-state index in [0.29, 0.717) is 45.2 Å². The Hall–Kier alpha value is -4.83. The first kappa shape index (κ1) is 30.6. The molecule has 10 heteroatoms. The number of nitrogens with zero attached hydrogens (tertiary/aromatic N) is 2. The number of carbonyl (C=O) groups is 1. The molecule has 226 valence electrons. The smallest absolute Gasteiger partial charge is 0.307 e. The van der Waals surface area contributed by atoms with E-state index in [9.17, 15) is 9.18 Å². The number of hydrogen-bond donors (Lipinski definition) is 1. The minimum absolute atomic E-state index is 0.104. The Labute approximate surface area is 263 Å². The Balaban J connectivity index is 1.16. The Morgan fingerprint density at radius 3 is 2.45 bits per heavy atom. The number of halogens is 2. The second-order valence-electron chi connectivity index (χ2n) is 9.88. The van der Waals surface area contributed by atoms with Gasteiger partial charge in [-0.3, -0.25) is 4.79 Å². The lowest BCUT2D eigenvalue weighted by molar-refractivity contribution is 0.0923. The SMILES string of the molecule is CCOc1cc(/C=N/NC(=O)c2ccc(COc3ccc(-n4c(C)ccc4C)cc3)o2)cc(Br)c1OCc1cccc(F)c1.